The van der Waals surface area contributed by atoms with Crippen LogP contribution in [0.25, 0.3) is 34.3 Å². The van der Waals surface area contributed by atoms with E-state index >= 15 is 0 Å². The summed E-state index contributed by atoms with van der Waals surface area (Å²) in [7, 11) is 0. The van der Waals surface area contributed by atoms with Crippen LogP contribution in [0.3, 0.4) is 0 Å². The summed E-state index contributed by atoms with van der Waals surface area (Å²) >= 11 is 0. The number of benzene rings is 1. The number of H-pyrrole nitrogens is 1. The lowest BCUT2D eigenvalue weighted by atomic mass is 10.1. The van der Waals surface area contributed by atoms with E-state index in [1.165, 1.54) is 6.08 Å². The van der Waals surface area contributed by atoms with Crippen molar-refractivity contribution in [1.82, 2.24) is 29.5 Å². The molecule has 1 aliphatic rings. The minimum atomic E-state index is 0.448. The molecule has 0 aliphatic carbocycles. The molecule has 0 bridgehead atoms. The molecule has 148 valence electrons. The van der Waals surface area contributed by atoms with Gasteiger partial charge in [-0.15, -0.1) is 0 Å². The van der Waals surface area contributed by atoms with E-state index in [2.05, 4.69) is 14.9 Å². The smallest absolute Gasteiger partial charge is 0.240 e. The molecule has 0 radical (unpaired) electrons. The monoisotopic (exact) mass is 398 g/mol. The molecule has 0 amide bonds. The summed E-state index contributed by atoms with van der Waals surface area (Å²) in [5, 5.41) is 9.92. The number of morpholine rings is 1. The molecule has 0 saturated carbocycles. The number of hydrogen-bond donors (Lipinski definition) is 1. The van der Waals surface area contributed by atoms with Gasteiger partial charge in [0.05, 0.1) is 19.3 Å². The van der Waals surface area contributed by atoms with Crippen LogP contribution < -0.4 is 4.90 Å². The largest absolute Gasteiger partial charge is 0.378 e. The quantitative estimate of drug-likeness (QED) is 0.526. The maximum absolute atomic E-state index is 8.88. The minimum absolute atomic E-state index is 0.448. The summed E-state index contributed by atoms with van der Waals surface area (Å²) in [6.45, 7) is 2.68. The van der Waals surface area contributed by atoms with Crippen LogP contribution in [-0.2, 0) is 4.74 Å². The third-order valence-electron chi connectivity index (χ3n) is 4.93. The molecule has 4 aromatic rings. The number of aromatic amines is 1. The molecule has 0 spiro atoms. The topological polar surface area (TPSA) is 109 Å². The first-order valence-electron chi connectivity index (χ1n) is 9.58. The van der Waals surface area contributed by atoms with Gasteiger partial charge < -0.3 is 14.6 Å². The fourth-order valence-electron chi connectivity index (χ4n) is 3.49. The number of nitriles is 1. The van der Waals surface area contributed by atoms with Crippen molar-refractivity contribution in [1.29, 1.82) is 5.26 Å². The Bertz CT molecular complexity index is 1260. The van der Waals surface area contributed by atoms with Crippen LogP contribution >= 0.6 is 0 Å². The standard InChI is InChI=1S/C21H18N8O/c22-7-2-5-18-24-9-10-29(18)21-26-19(16-3-1-4-17-15(16)6-8-23-17)25-20(27-21)28-11-13-30-14-12-28/h1-6,8-10,23H,11-14H2/b5-2+. The lowest BCUT2D eigenvalue weighted by Gasteiger charge is -2.27. The van der Waals surface area contributed by atoms with Crippen LogP contribution in [0.5, 0.6) is 0 Å². The van der Waals surface area contributed by atoms with Crippen molar-refractivity contribution in [3.05, 3.63) is 54.8 Å². The molecule has 9 heteroatoms. The van der Waals surface area contributed by atoms with E-state index in [1.807, 2.05) is 36.5 Å². The summed E-state index contributed by atoms with van der Waals surface area (Å²) < 4.78 is 7.23. The van der Waals surface area contributed by atoms with E-state index in [-0.39, 0.29) is 0 Å². The summed E-state index contributed by atoms with van der Waals surface area (Å²) in [4.78, 5) is 23.9. The molecular weight excluding hydrogens is 380 g/mol. The molecular formula is C21H18N8O. The van der Waals surface area contributed by atoms with Gasteiger partial charge in [-0.05, 0) is 18.2 Å². The molecule has 1 aliphatic heterocycles. The van der Waals surface area contributed by atoms with Gasteiger partial charge in [-0.25, -0.2) is 4.98 Å². The number of nitrogens with zero attached hydrogens (tertiary/aromatic N) is 7. The number of aromatic nitrogens is 6. The summed E-state index contributed by atoms with van der Waals surface area (Å²) in [5.41, 5.74) is 1.93. The van der Waals surface area contributed by atoms with Gasteiger partial charge in [0.25, 0.3) is 0 Å². The van der Waals surface area contributed by atoms with Gasteiger partial charge in [0.2, 0.25) is 11.9 Å². The molecule has 9 nitrogen and oxygen atoms in total. The highest BCUT2D eigenvalue weighted by molar-refractivity contribution is 5.93. The average molecular weight is 398 g/mol. The van der Waals surface area contributed by atoms with E-state index in [4.69, 9.17) is 25.0 Å². The predicted octanol–water partition coefficient (Wildman–Crippen LogP) is 2.58. The Kier molecular flexibility index (Phi) is 4.67. The van der Waals surface area contributed by atoms with E-state index in [1.54, 1.807) is 23.0 Å². The van der Waals surface area contributed by atoms with Crippen LogP contribution in [0, 0.1) is 11.3 Å². The molecule has 5 rings (SSSR count). The first kappa shape index (κ1) is 18.0. The molecule has 1 fully saturated rings. The van der Waals surface area contributed by atoms with Crippen LogP contribution in [0.4, 0.5) is 5.95 Å². The number of rotatable bonds is 4. The van der Waals surface area contributed by atoms with Gasteiger partial charge in [0.1, 0.15) is 5.82 Å². The van der Waals surface area contributed by atoms with Crippen molar-refractivity contribution < 1.29 is 4.74 Å². The van der Waals surface area contributed by atoms with Gasteiger partial charge >= 0.3 is 0 Å². The van der Waals surface area contributed by atoms with E-state index in [9.17, 15) is 0 Å². The van der Waals surface area contributed by atoms with Gasteiger partial charge in [-0.1, -0.05) is 12.1 Å². The highest BCUT2D eigenvalue weighted by Gasteiger charge is 2.19. The number of fused-ring (bicyclic) bond motifs is 1. The molecule has 0 atom stereocenters. The Labute approximate surface area is 172 Å². The number of allylic oxidation sites excluding steroid dienone is 1. The van der Waals surface area contributed by atoms with Crippen molar-refractivity contribution in [2.75, 3.05) is 31.2 Å². The van der Waals surface area contributed by atoms with Gasteiger partial charge in [0.15, 0.2) is 5.82 Å². The molecule has 3 aromatic heterocycles. The molecule has 0 unspecified atom stereocenters. The van der Waals surface area contributed by atoms with Crippen molar-refractivity contribution in [3.8, 4) is 23.4 Å². The first-order valence-corrected chi connectivity index (χ1v) is 9.58. The number of ether oxygens (including phenoxy) is 1. The highest BCUT2D eigenvalue weighted by Crippen LogP contribution is 2.27. The maximum atomic E-state index is 8.88. The molecule has 1 aromatic carbocycles. The minimum Gasteiger partial charge on any atom is -0.378 e. The summed E-state index contributed by atoms with van der Waals surface area (Å²) in [6.07, 6.45) is 8.34. The Hall–Kier alpha value is -4.03. The lowest BCUT2D eigenvalue weighted by molar-refractivity contribution is 0.122. The van der Waals surface area contributed by atoms with E-state index in [0.717, 1.165) is 16.5 Å². The number of hydrogen-bond acceptors (Lipinski definition) is 7. The molecule has 1 saturated heterocycles. The summed E-state index contributed by atoms with van der Waals surface area (Å²) in [5.74, 6) is 2.19. The zero-order valence-corrected chi connectivity index (χ0v) is 16.1. The Morgan fingerprint density at radius 3 is 2.83 bits per heavy atom. The van der Waals surface area contributed by atoms with Gasteiger partial charge in [0, 0.05) is 54.2 Å². The number of anilines is 1. The Morgan fingerprint density at radius 1 is 1.10 bits per heavy atom. The average Bonchev–Trinajstić information content (AvgIpc) is 3.47. The normalized spacial score (nSPS) is 14.4. The SMILES string of the molecule is N#C/C=C/c1nccn1-c1nc(-c2cccc3[nH]ccc23)nc(N2CCOCC2)n1. The van der Waals surface area contributed by atoms with Gasteiger partial charge in [-0.3, -0.25) is 4.57 Å². The number of nitrogens with one attached hydrogen (secondary N) is 1. The van der Waals surface area contributed by atoms with E-state index < -0.39 is 0 Å². The molecule has 1 N–H and O–H groups in total. The third kappa shape index (κ3) is 3.29. The summed E-state index contributed by atoms with van der Waals surface area (Å²) in [6, 6.07) is 10.0. The fraction of sp³-hybridized carbons (Fsp3) is 0.190. The molecule has 30 heavy (non-hydrogen) atoms. The van der Waals surface area contributed by atoms with Crippen molar-refractivity contribution in [3.63, 3.8) is 0 Å². The highest BCUT2D eigenvalue weighted by atomic mass is 16.5. The second-order valence-corrected chi connectivity index (χ2v) is 6.72. The van der Waals surface area contributed by atoms with Crippen molar-refractivity contribution >= 4 is 22.9 Å². The first-order chi connectivity index (χ1) is 14.8. The van der Waals surface area contributed by atoms with Crippen LogP contribution in [-0.4, -0.2) is 55.8 Å². The van der Waals surface area contributed by atoms with Crippen molar-refractivity contribution in [2.45, 2.75) is 0 Å². The molecule has 4 heterocycles. The second kappa shape index (κ2) is 7.77. The van der Waals surface area contributed by atoms with Crippen LogP contribution in [0.15, 0.2) is 48.9 Å². The van der Waals surface area contributed by atoms with Gasteiger partial charge in [-0.2, -0.15) is 20.2 Å². The Balaban J connectivity index is 1.69. The lowest BCUT2D eigenvalue weighted by Crippen LogP contribution is -2.37. The fourth-order valence-corrected chi connectivity index (χ4v) is 3.49. The predicted molar refractivity (Wildman–Crippen MR) is 112 cm³/mol. The third-order valence-corrected chi connectivity index (χ3v) is 4.93. The zero-order valence-electron chi connectivity index (χ0n) is 16.1. The number of imidazole rings is 1. The Morgan fingerprint density at radius 2 is 1.97 bits per heavy atom. The van der Waals surface area contributed by atoms with Crippen LogP contribution in [0.1, 0.15) is 5.82 Å². The maximum Gasteiger partial charge on any atom is 0.240 e. The van der Waals surface area contributed by atoms with E-state index in [0.29, 0.717) is 49.8 Å². The van der Waals surface area contributed by atoms with Crippen LogP contribution in [0.2, 0.25) is 0 Å². The second-order valence-electron chi connectivity index (χ2n) is 6.72. The van der Waals surface area contributed by atoms with Crippen molar-refractivity contribution in [2.24, 2.45) is 0 Å². The zero-order chi connectivity index (χ0) is 20.3.